The smallest absolute Gasteiger partial charge is 0.175 e. The van der Waals surface area contributed by atoms with Crippen LogP contribution in [0.3, 0.4) is 0 Å². The van der Waals surface area contributed by atoms with Crippen LogP contribution in [0.15, 0.2) is 23.0 Å². The number of nitrogens with zero attached hydrogens (tertiary/aromatic N) is 4. The minimum Gasteiger partial charge on any atom is -0.370 e. The van der Waals surface area contributed by atoms with E-state index in [9.17, 15) is 0 Å². The van der Waals surface area contributed by atoms with Crippen molar-refractivity contribution in [3.05, 3.63) is 24.2 Å². The van der Waals surface area contributed by atoms with E-state index in [-0.39, 0.29) is 0 Å². The zero-order chi connectivity index (χ0) is 14.4. The van der Waals surface area contributed by atoms with Crippen LogP contribution in [0, 0.1) is 6.92 Å². The lowest BCUT2D eigenvalue weighted by Gasteiger charge is -2.10. The van der Waals surface area contributed by atoms with Gasteiger partial charge >= 0.3 is 0 Å². The second-order valence-electron chi connectivity index (χ2n) is 4.82. The van der Waals surface area contributed by atoms with E-state index in [0.29, 0.717) is 11.6 Å². The van der Waals surface area contributed by atoms with Gasteiger partial charge in [-0.3, -0.25) is 0 Å². The molecule has 7 nitrogen and oxygen atoms in total. The van der Waals surface area contributed by atoms with Crippen LogP contribution in [-0.2, 0) is 0 Å². The lowest BCUT2D eigenvalue weighted by Crippen LogP contribution is -2.16. The summed E-state index contributed by atoms with van der Waals surface area (Å²) in [5.74, 6) is 2.87. The molecule has 20 heavy (non-hydrogen) atoms. The molecule has 0 aliphatic heterocycles. The number of rotatable bonds is 7. The fraction of sp³-hybridized carbons (Fsp3) is 0.462. The normalized spacial score (nSPS) is 10.8. The number of aromatic nitrogens is 3. The summed E-state index contributed by atoms with van der Waals surface area (Å²) in [5.41, 5.74) is 0. The van der Waals surface area contributed by atoms with Crippen molar-refractivity contribution in [2.45, 2.75) is 13.3 Å². The standard InChI is InChI=1S/C13H20N6O/c1-10-7-13(18-20-10)17-12-8-11(15-9-16-12)14-5-4-6-19(2)3/h7-9H,4-6H2,1-3H3,(H2,14,15,16,17,18). The first-order chi connectivity index (χ1) is 9.63. The molecule has 0 aliphatic carbocycles. The Morgan fingerprint density at radius 2 is 1.95 bits per heavy atom. The van der Waals surface area contributed by atoms with Gasteiger partial charge in [0.2, 0.25) is 0 Å². The van der Waals surface area contributed by atoms with Crippen molar-refractivity contribution < 1.29 is 4.52 Å². The third kappa shape index (κ3) is 4.51. The topological polar surface area (TPSA) is 79.1 Å². The van der Waals surface area contributed by atoms with E-state index in [1.807, 2.05) is 19.1 Å². The molecule has 0 radical (unpaired) electrons. The summed E-state index contributed by atoms with van der Waals surface area (Å²) < 4.78 is 4.99. The Kier molecular flexibility index (Phi) is 4.89. The summed E-state index contributed by atoms with van der Waals surface area (Å²) in [4.78, 5) is 10.5. The molecule has 2 heterocycles. The maximum Gasteiger partial charge on any atom is 0.175 e. The van der Waals surface area contributed by atoms with E-state index in [2.05, 4.69) is 44.8 Å². The Morgan fingerprint density at radius 1 is 1.15 bits per heavy atom. The van der Waals surface area contributed by atoms with Gasteiger partial charge in [0.15, 0.2) is 5.82 Å². The maximum absolute atomic E-state index is 4.99. The third-order valence-electron chi connectivity index (χ3n) is 2.64. The van der Waals surface area contributed by atoms with Gasteiger partial charge in [0.1, 0.15) is 23.7 Å². The van der Waals surface area contributed by atoms with Gasteiger partial charge in [-0.25, -0.2) is 9.97 Å². The average molecular weight is 276 g/mol. The Labute approximate surface area is 118 Å². The molecular weight excluding hydrogens is 256 g/mol. The van der Waals surface area contributed by atoms with E-state index < -0.39 is 0 Å². The van der Waals surface area contributed by atoms with Crippen molar-refractivity contribution >= 4 is 17.5 Å². The van der Waals surface area contributed by atoms with Gasteiger partial charge < -0.3 is 20.1 Å². The SMILES string of the molecule is Cc1cc(Nc2cc(NCCCN(C)C)ncn2)no1. The fourth-order valence-electron chi connectivity index (χ4n) is 1.69. The molecule has 0 aromatic carbocycles. The monoisotopic (exact) mass is 276 g/mol. The molecule has 0 amide bonds. The van der Waals surface area contributed by atoms with E-state index in [0.717, 1.165) is 31.1 Å². The van der Waals surface area contributed by atoms with Gasteiger partial charge in [0, 0.05) is 18.7 Å². The van der Waals surface area contributed by atoms with Crippen LogP contribution < -0.4 is 10.6 Å². The summed E-state index contributed by atoms with van der Waals surface area (Å²) in [6, 6.07) is 3.66. The quantitative estimate of drug-likeness (QED) is 0.747. The van der Waals surface area contributed by atoms with Crippen LogP contribution >= 0.6 is 0 Å². The Balaban J connectivity index is 1.87. The van der Waals surface area contributed by atoms with Gasteiger partial charge in [-0.15, -0.1) is 0 Å². The van der Waals surface area contributed by atoms with Crippen LogP contribution in [0.25, 0.3) is 0 Å². The molecule has 0 atom stereocenters. The van der Waals surface area contributed by atoms with Crippen LogP contribution in [0.2, 0.25) is 0 Å². The largest absolute Gasteiger partial charge is 0.370 e. The van der Waals surface area contributed by atoms with E-state index in [1.54, 1.807) is 0 Å². The van der Waals surface area contributed by atoms with Crippen LogP contribution in [0.5, 0.6) is 0 Å². The van der Waals surface area contributed by atoms with Crippen molar-refractivity contribution in [1.29, 1.82) is 0 Å². The highest BCUT2D eigenvalue weighted by Crippen LogP contribution is 2.15. The second kappa shape index (κ2) is 6.85. The van der Waals surface area contributed by atoms with E-state index in [1.165, 1.54) is 6.33 Å². The zero-order valence-corrected chi connectivity index (χ0v) is 12.1. The van der Waals surface area contributed by atoms with Gasteiger partial charge in [-0.1, -0.05) is 5.16 Å². The highest BCUT2D eigenvalue weighted by molar-refractivity contribution is 5.55. The third-order valence-corrected chi connectivity index (χ3v) is 2.64. The highest BCUT2D eigenvalue weighted by Gasteiger charge is 2.03. The molecule has 0 spiro atoms. The second-order valence-corrected chi connectivity index (χ2v) is 4.82. The van der Waals surface area contributed by atoms with Gasteiger partial charge in [-0.05, 0) is 34.0 Å². The molecule has 0 saturated heterocycles. The lowest BCUT2D eigenvalue weighted by molar-refractivity contribution is 0.400. The van der Waals surface area contributed by atoms with Crippen molar-refractivity contribution in [2.75, 3.05) is 37.8 Å². The first-order valence-electron chi connectivity index (χ1n) is 6.54. The molecule has 108 valence electrons. The molecule has 0 unspecified atom stereocenters. The van der Waals surface area contributed by atoms with Crippen molar-refractivity contribution in [1.82, 2.24) is 20.0 Å². The summed E-state index contributed by atoms with van der Waals surface area (Å²) in [7, 11) is 4.12. The first-order valence-corrected chi connectivity index (χ1v) is 6.54. The Bertz CT molecular complexity index is 539. The number of anilines is 3. The number of hydrogen-bond acceptors (Lipinski definition) is 7. The minimum absolute atomic E-state index is 0.639. The summed E-state index contributed by atoms with van der Waals surface area (Å²) in [6.45, 7) is 3.76. The molecular formula is C13H20N6O. The fourth-order valence-corrected chi connectivity index (χ4v) is 1.69. The summed E-state index contributed by atoms with van der Waals surface area (Å²) in [5, 5.41) is 10.2. The molecule has 0 bridgehead atoms. The van der Waals surface area contributed by atoms with E-state index in [4.69, 9.17) is 4.52 Å². The number of hydrogen-bond donors (Lipinski definition) is 2. The number of nitrogens with one attached hydrogen (secondary N) is 2. The molecule has 2 aromatic heterocycles. The number of aryl methyl sites for hydroxylation is 1. The zero-order valence-electron chi connectivity index (χ0n) is 12.1. The Morgan fingerprint density at radius 3 is 2.65 bits per heavy atom. The molecule has 7 heteroatoms. The van der Waals surface area contributed by atoms with Gasteiger partial charge in [0.05, 0.1) is 0 Å². The molecule has 2 rings (SSSR count). The van der Waals surface area contributed by atoms with Crippen LogP contribution in [-0.4, -0.2) is 47.2 Å². The van der Waals surface area contributed by atoms with Gasteiger partial charge in [0.25, 0.3) is 0 Å². The van der Waals surface area contributed by atoms with Crippen LogP contribution in [0.1, 0.15) is 12.2 Å². The lowest BCUT2D eigenvalue weighted by atomic mass is 10.4. The summed E-state index contributed by atoms with van der Waals surface area (Å²) >= 11 is 0. The summed E-state index contributed by atoms with van der Waals surface area (Å²) in [6.07, 6.45) is 2.58. The molecule has 0 fully saturated rings. The predicted molar refractivity (Wildman–Crippen MR) is 78.2 cm³/mol. The molecule has 2 aromatic rings. The van der Waals surface area contributed by atoms with Crippen molar-refractivity contribution in [3.8, 4) is 0 Å². The molecule has 0 saturated carbocycles. The van der Waals surface area contributed by atoms with Crippen molar-refractivity contribution in [2.24, 2.45) is 0 Å². The Hall–Kier alpha value is -2.15. The van der Waals surface area contributed by atoms with E-state index >= 15 is 0 Å². The van der Waals surface area contributed by atoms with Crippen molar-refractivity contribution in [3.63, 3.8) is 0 Å². The average Bonchev–Trinajstić information content (AvgIpc) is 2.80. The van der Waals surface area contributed by atoms with Crippen LogP contribution in [0.4, 0.5) is 17.5 Å². The first kappa shape index (κ1) is 14.3. The highest BCUT2D eigenvalue weighted by atomic mass is 16.5. The maximum atomic E-state index is 4.99. The molecule has 0 aliphatic rings. The predicted octanol–water partition coefficient (Wildman–Crippen LogP) is 1.88. The van der Waals surface area contributed by atoms with Gasteiger partial charge in [-0.2, -0.15) is 0 Å². The molecule has 2 N–H and O–H groups in total. The minimum atomic E-state index is 0.639.